The molecule has 116 valence electrons. The molecule has 1 aromatic rings. The zero-order valence-corrected chi connectivity index (χ0v) is 12.6. The van der Waals surface area contributed by atoms with Crippen molar-refractivity contribution in [1.29, 1.82) is 0 Å². The van der Waals surface area contributed by atoms with Crippen LogP contribution in [0.3, 0.4) is 0 Å². The number of nitrogens with two attached hydrogens (primary N) is 1. The summed E-state index contributed by atoms with van der Waals surface area (Å²) in [6.45, 7) is 3.05. The molecule has 1 atom stereocenters. The Hall–Kier alpha value is -1.93. The van der Waals surface area contributed by atoms with E-state index < -0.39 is 33.2 Å². The number of rotatable bonds is 6. The standard InChI is InChI=1S/C13H18N2O5S/c1-3-13(2,12(17)18)15-11(16)10-6-4-5-9(7-10)8-21(14,19)20/h4-7H,3,8H2,1-2H3,(H,15,16)(H,17,18)(H2,14,19,20). The van der Waals surface area contributed by atoms with E-state index in [0.29, 0.717) is 5.56 Å². The lowest BCUT2D eigenvalue weighted by molar-refractivity contribution is -0.143. The third-order valence-electron chi connectivity index (χ3n) is 3.13. The van der Waals surface area contributed by atoms with Gasteiger partial charge >= 0.3 is 5.97 Å². The van der Waals surface area contributed by atoms with Gasteiger partial charge < -0.3 is 10.4 Å². The molecule has 21 heavy (non-hydrogen) atoms. The van der Waals surface area contributed by atoms with E-state index in [2.05, 4.69) is 5.32 Å². The fourth-order valence-electron chi connectivity index (χ4n) is 1.65. The van der Waals surface area contributed by atoms with Gasteiger partial charge in [0.15, 0.2) is 0 Å². The summed E-state index contributed by atoms with van der Waals surface area (Å²) in [4.78, 5) is 23.2. The van der Waals surface area contributed by atoms with E-state index in [1.807, 2.05) is 0 Å². The van der Waals surface area contributed by atoms with Gasteiger partial charge in [0.05, 0.1) is 5.75 Å². The molecule has 0 aliphatic heterocycles. The van der Waals surface area contributed by atoms with Gasteiger partial charge in [-0.3, -0.25) is 4.79 Å². The zero-order chi connectivity index (χ0) is 16.3. The summed E-state index contributed by atoms with van der Waals surface area (Å²) >= 11 is 0. The lowest BCUT2D eigenvalue weighted by Crippen LogP contribution is -2.51. The molecule has 0 heterocycles. The number of benzene rings is 1. The summed E-state index contributed by atoms with van der Waals surface area (Å²) < 4.78 is 22.1. The van der Waals surface area contributed by atoms with E-state index in [1.54, 1.807) is 6.92 Å². The molecule has 1 amide bonds. The first-order chi connectivity index (χ1) is 9.57. The molecular formula is C13H18N2O5S. The fraction of sp³-hybridized carbons (Fsp3) is 0.385. The largest absolute Gasteiger partial charge is 0.480 e. The first-order valence-electron chi connectivity index (χ1n) is 6.23. The highest BCUT2D eigenvalue weighted by atomic mass is 32.2. The lowest BCUT2D eigenvalue weighted by atomic mass is 9.98. The maximum atomic E-state index is 12.1. The smallest absolute Gasteiger partial charge is 0.329 e. The van der Waals surface area contributed by atoms with E-state index in [9.17, 15) is 18.0 Å². The van der Waals surface area contributed by atoms with Crippen LogP contribution in [0.2, 0.25) is 0 Å². The van der Waals surface area contributed by atoms with Gasteiger partial charge in [-0.2, -0.15) is 0 Å². The molecule has 7 nitrogen and oxygen atoms in total. The zero-order valence-electron chi connectivity index (χ0n) is 11.8. The molecule has 0 fully saturated rings. The number of nitrogens with one attached hydrogen (secondary N) is 1. The molecule has 0 radical (unpaired) electrons. The van der Waals surface area contributed by atoms with Crippen LogP contribution in [0.15, 0.2) is 24.3 Å². The second kappa shape index (κ2) is 6.23. The number of carbonyl (C=O) groups is 2. The summed E-state index contributed by atoms with van der Waals surface area (Å²) in [5.74, 6) is -2.12. The molecule has 0 spiro atoms. The number of sulfonamides is 1. The van der Waals surface area contributed by atoms with Crippen LogP contribution in [0.25, 0.3) is 0 Å². The summed E-state index contributed by atoms with van der Waals surface area (Å²) in [6.07, 6.45) is 0.213. The molecule has 1 rings (SSSR count). The number of primary sulfonamides is 1. The molecule has 0 aromatic heterocycles. The summed E-state index contributed by atoms with van der Waals surface area (Å²) in [6, 6.07) is 5.88. The highest BCUT2D eigenvalue weighted by molar-refractivity contribution is 7.88. The van der Waals surface area contributed by atoms with Gasteiger partial charge in [0, 0.05) is 5.56 Å². The van der Waals surface area contributed by atoms with Crippen LogP contribution in [0, 0.1) is 0 Å². The molecular weight excluding hydrogens is 296 g/mol. The molecule has 1 unspecified atom stereocenters. The lowest BCUT2D eigenvalue weighted by Gasteiger charge is -2.24. The Labute approximate surface area is 123 Å². The minimum Gasteiger partial charge on any atom is -0.480 e. The number of hydrogen-bond acceptors (Lipinski definition) is 4. The molecule has 8 heteroatoms. The quantitative estimate of drug-likeness (QED) is 0.703. The van der Waals surface area contributed by atoms with Crippen LogP contribution in [-0.4, -0.2) is 30.9 Å². The Morgan fingerprint density at radius 3 is 2.48 bits per heavy atom. The second-order valence-electron chi connectivity index (χ2n) is 4.95. The number of hydrogen-bond donors (Lipinski definition) is 3. The Morgan fingerprint density at radius 1 is 1.38 bits per heavy atom. The number of amides is 1. The average Bonchev–Trinajstić information content (AvgIpc) is 2.36. The Morgan fingerprint density at radius 2 is 2.00 bits per heavy atom. The van der Waals surface area contributed by atoms with Crippen molar-refractivity contribution in [1.82, 2.24) is 5.32 Å². The van der Waals surface area contributed by atoms with E-state index >= 15 is 0 Å². The fourth-order valence-corrected chi connectivity index (χ4v) is 2.29. The molecule has 0 saturated heterocycles. The van der Waals surface area contributed by atoms with Crippen LogP contribution >= 0.6 is 0 Å². The van der Waals surface area contributed by atoms with Crippen LogP contribution in [-0.2, 0) is 20.6 Å². The predicted octanol–water partition coefficient (Wildman–Crippen LogP) is 0.458. The van der Waals surface area contributed by atoms with Crippen LogP contribution in [0.1, 0.15) is 36.2 Å². The van der Waals surface area contributed by atoms with Crippen molar-refractivity contribution >= 4 is 21.9 Å². The van der Waals surface area contributed by atoms with Crippen molar-refractivity contribution in [3.05, 3.63) is 35.4 Å². The van der Waals surface area contributed by atoms with Crippen LogP contribution in [0.5, 0.6) is 0 Å². The molecule has 0 saturated carbocycles. The van der Waals surface area contributed by atoms with Crippen molar-refractivity contribution < 1.29 is 23.1 Å². The summed E-state index contributed by atoms with van der Waals surface area (Å²) in [5, 5.41) is 16.5. The van der Waals surface area contributed by atoms with Gasteiger partial charge in [0.1, 0.15) is 5.54 Å². The first kappa shape index (κ1) is 17.1. The molecule has 0 aliphatic carbocycles. The highest BCUT2D eigenvalue weighted by Gasteiger charge is 2.33. The minimum absolute atomic E-state index is 0.178. The van der Waals surface area contributed by atoms with Crippen molar-refractivity contribution in [3.63, 3.8) is 0 Å². The van der Waals surface area contributed by atoms with Gasteiger partial charge in [-0.15, -0.1) is 0 Å². The maximum Gasteiger partial charge on any atom is 0.329 e. The number of carbonyl (C=O) groups excluding carboxylic acids is 1. The van der Waals surface area contributed by atoms with Gasteiger partial charge in [0.25, 0.3) is 5.91 Å². The van der Waals surface area contributed by atoms with Crippen LogP contribution in [0.4, 0.5) is 0 Å². The normalized spacial score (nSPS) is 14.2. The number of carboxylic acids is 1. The van der Waals surface area contributed by atoms with E-state index in [0.717, 1.165) is 0 Å². The molecule has 1 aromatic carbocycles. The van der Waals surface area contributed by atoms with Gasteiger partial charge in [0.2, 0.25) is 10.0 Å². The van der Waals surface area contributed by atoms with Crippen molar-refractivity contribution in [3.8, 4) is 0 Å². The second-order valence-corrected chi connectivity index (χ2v) is 6.57. The van der Waals surface area contributed by atoms with E-state index in [-0.39, 0.29) is 12.0 Å². The topological polar surface area (TPSA) is 127 Å². The van der Waals surface area contributed by atoms with E-state index in [1.165, 1.54) is 31.2 Å². The number of carboxylic acid groups (broad SMARTS) is 1. The summed E-state index contributed by atoms with van der Waals surface area (Å²) in [5.41, 5.74) is -0.844. The maximum absolute atomic E-state index is 12.1. The third-order valence-corrected chi connectivity index (χ3v) is 3.86. The molecule has 4 N–H and O–H groups in total. The predicted molar refractivity (Wildman–Crippen MR) is 77.1 cm³/mol. The summed E-state index contributed by atoms with van der Waals surface area (Å²) in [7, 11) is -3.70. The van der Waals surface area contributed by atoms with Gasteiger partial charge in [-0.05, 0) is 31.0 Å². The third kappa shape index (κ3) is 4.83. The Balaban J connectivity index is 2.98. The van der Waals surface area contributed by atoms with Crippen molar-refractivity contribution in [2.45, 2.75) is 31.6 Å². The monoisotopic (exact) mass is 314 g/mol. The number of aliphatic carboxylic acids is 1. The van der Waals surface area contributed by atoms with Crippen molar-refractivity contribution in [2.75, 3.05) is 0 Å². The highest BCUT2D eigenvalue weighted by Crippen LogP contribution is 2.13. The van der Waals surface area contributed by atoms with E-state index in [4.69, 9.17) is 10.2 Å². The van der Waals surface area contributed by atoms with Gasteiger partial charge in [-0.25, -0.2) is 18.4 Å². The van der Waals surface area contributed by atoms with Crippen molar-refractivity contribution in [2.24, 2.45) is 5.14 Å². The SMILES string of the molecule is CCC(C)(NC(=O)c1cccc(CS(N)(=O)=O)c1)C(=O)O. The van der Waals surface area contributed by atoms with Crippen LogP contribution < -0.4 is 10.5 Å². The molecule has 0 aliphatic rings. The minimum atomic E-state index is -3.70. The Bertz CT molecular complexity index is 656. The first-order valence-corrected chi connectivity index (χ1v) is 7.94. The molecule has 0 bridgehead atoms. The average molecular weight is 314 g/mol. The van der Waals surface area contributed by atoms with Gasteiger partial charge in [-0.1, -0.05) is 19.1 Å². The Kier molecular flexibility index (Phi) is 5.08.